The van der Waals surface area contributed by atoms with Gasteiger partial charge in [-0.15, -0.1) is 0 Å². The largest absolute Gasteiger partial charge is 0.273 e. The molecule has 1 aromatic carbocycles. The maximum atomic E-state index is 10.6. The van der Waals surface area contributed by atoms with Crippen molar-refractivity contribution in [3.63, 3.8) is 0 Å². The zero-order valence-corrected chi connectivity index (χ0v) is 6.03. The fraction of sp³-hybridized carbons (Fsp3) is 0. The topological polar surface area (TPSA) is 46.3 Å². The molecule has 0 saturated carbocycles. The summed E-state index contributed by atoms with van der Waals surface area (Å²) in [5.41, 5.74) is 0.646. The minimum Gasteiger partial charge on any atom is -0.273 e. The van der Waals surface area contributed by atoms with Gasteiger partial charge in [0.05, 0.1) is 5.69 Å². The molecule has 0 saturated heterocycles. The van der Waals surface area contributed by atoms with Gasteiger partial charge in [-0.3, -0.25) is 4.79 Å². The summed E-state index contributed by atoms with van der Waals surface area (Å²) in [5.74, 6) is 4.94. The highest BCUT2D eigenvalue weighted by molar-refractivity contribution is 5.95. The fourth-order valence-electron chi connectivity index (χ4n) is 0.733. The van der Waals surface area contributed by atoms with Gasteiger partial charge in [-0.2, -0.15) is 0 Å². The van der Waals surface area contributed by atoms with E-state index in [-0.39, 0.29) is 0 Å². The quantitative estimate of drug-likeness (QED) is 0.363. The van der Waals surface area contributed by atoms with E-state index in [9.17, 15) is 4.79 Å². The molecule has 1 rings (SSSR count). The van der Waals surface area contributed by atoms with Crippen LogP contribution < -0.4 is 10.9 Å². The van der Waals surface area contributed by atoms with Crippen molar-refractivity contribution in [1.82, 2.24) is 0 Å². The number of hydrazine groups is 1. The van der Waals surface area contributed by atoms with Crippen molar-refractivity contribution >= 4 is 11.6 Å². The molecule has 57 valence electrons. The first-order chi connectivity index (χ1) is 5.22. The molecule has 0 fully saturated rings. The molecule has 0 bridgehead atoms. The molecule has 3 nitrogen and oxygen atoms in total. The third-order valence-corrected chi connectivity index (χ3v) is 1.30. The SMILES string of the molecule is [CH2]C(=O)N(N)c1ccccc1. The van der Waals surface area contributed by atoms with Gasteiger partial charge < -0.3 is 0 Å². The Hall–Kier alpha value is -1.35. The molecule has 1 aromatic rings. The van der Waals surface area contributed by atoms with Gasteiger partial charge in [-0.1, -0.05) is 18.2 Å². The second-order valence-corrected chi connectivity index (χ2v) is 2.10. The minimum atomic E-state index is -0.420. The number of nitrogens with two attached hydrogens (primary N) is 1. The second-order valence-electron chi connectivity index (χ2n) is 2.10. The van der Waals surface area contributed by atoms with E-state index in [1.54, 1.807) is 24.3 Å². The van der Waals surface area contributed by atoms with Gasteiger partial charge in [0.2, 0.25) is 5.91 Å². The molecule has 0 aliphatic heterocycles. The normalized spacial score (nSPS) is 9.27. The Morgan fingerprint density at radius 1 is 1.36 bits per heavy atom. The van der Waals surface area contributed by atoms with Crippen LogP contribution in [0.2, 0.25) is 0 Å². The predicted octanol–water partition coefficient (Wildman–Crippen LogP) is 0.727. The Balaban J connectivity index is 2.85. The zero-order valence-electron chi connectivity index (χ0n) is 6.03. The number of hydrogen-bond donors (Lipinski definition) is 1. The van der Waals surface area contributed by atoms with Crippen LogP contribution in [0.4, 0.5) is 5.69 Å². The van der Waals surface area contributed by atoms with Gasteiger partial charge in [-0.05, 0) is 12.1 Å². The van der Waals surface area contributed by atoms with Crippen LogP contribution in [0.1, 0.15) is 0 Å². The first kappa shape index (κ1) is 7.75. The highest BCUT2D eigenvalue weighted by Crippen LogP contribution is 2.08. The molecule has 0 atom stereocenters. The maximum absolute atomic E-state index is 10.6. The van der Waals surface area contributed by atoms with Crippen molar-refractivity contribution in [3.8, 4) is 0 Å². The van der Waals surface area contributed by atoms with Crippen LogP contribution in [0.3, 0.4) is 0 Å². The van der Waals surface area contributed by atoms with Crippen LogP contribution in [0.15, 0.2) is 30.3 Å². The molecule has 0 spiro atoms. The second kappa shape index (κ2) is 3.16. The van der Waals surface area contributed by atoms with E-state index < -0.39 is 5.91 Å². The van der Waals surface area contributed by atoms with Crippen LogP contribution in [0, 0.1) is 6.92 Å². The van der Waals surface area contributed by atoms with Crippen LogP contribution in [-0.4, -0.2) is 5.91 Å². The Morgan fingerprint density at radius 3 is 2.36 bits per heavy atom. The number of amides is 1. The summed E-state index contributed by atoms with van der Waals surface area (Å²) >= 11 is 0. The van der Waals surface area contributed by atoms with E-state index in [1.807, 2.05) is 6.07 Å². The minimum absolute atomic E-state index is 0.420. The number of carbonyl (C=O) groups excluding carboxylic acids is 1. The molecule has 0 unspecified atom stereocenters. The van der Waals surface area contributed by atoms with E-state index >= 15 is 0 Å². The highest BCUT2D eigenvalue weighted by Gasteiger charge is 2.03. The van der Waals surface area contributed by atoms with Crippen molar-refractivity contribution in [2.24, 2.45) is 5.84 Å². The number of anilines is 1. The summed E-state index contributed by atoms with van der Waals surface area (Å²) in [6.07, 6.45) is 0. The molecule has 0 heterocycles. The van der Waals surface area contributed by atoms with E-state index in [4.69, 9.17) is 5.84 Å². The predicted molar refractivity (Wildman–Crippen MR) is 43.5 cm³/mol. The van der Waals surface area contributed by atoms with Gasteiger partial charge in [-0.25, -0.2) is 10.9 Å². The molecule has 0 aliphatic carbocycles. The molecule has 3 heteroatoms. The lowest BCUT2D eigenvalue weighted by Gasteiger charge is -2.12. The van der Waals surface area contributed by atoms with Crippen LogP contribution in [-0.2, 0) is 4.79 Å². The lowest BCUT2D eigenvalue weighted by molar-refractivity contribution is -0.114. The molecule has 11 heavy (non-hydrogen) atoms. The summed E-state index contributed by atoms with van der Waals surface area (Å²) in [6, 6.07) is 8.94. The van der Waals surface area contributed by atoms with E-state index in [0.29, 0.717) is 5.69 Å². The van der Waals surface area contributed by atoms with Crippen LogP contribution >= 0.6 is 0 Å². The fourth-order valence-corrected chi connectivity index (χ4v) is 0.733. The first-order valence-corrected chi connectivity index (χ1v) is 3.17. The number of nitrogens with zero attached hydrogens (tertiary/aromatic N) is 1. The van der Waals surface area contributed by atoms with Crippen molar-refractivity contribution < 1.29 is 4.79 Å². The van der Waals surface area contributed by atoms with Gasteiger partial charge in [0.15, 0.2) is 0 Å². The molecule has 1 radical (unpaired) electrons. The third-order valence-electron chi connectivity index (χ3n) is 1.30. The van der Waals surface area contributed by atoms with Crippen LogP contribution in [0.25, 0.3) is 0 Å². The Morgan fingerprint density at radius 2 is 1.91 bits per heavy atom. The van der Waals surface area contributed by atoms with E-state index in [0.717, 1.165) is 5.01 Å². The molecule has 0 aliphatic rings. The standard InChI is InChI=1S/C8H9N2O/c1-7(11)10(9)8-5-3-2-4-6-8/h2-6H,1,9H2. The van der Waals surface area contributed by atoms with Crippen molar-refractivity contribution in [3.05, 3.63) is 37.3 Å². The highest BCUT2D eigenvalue weighted by atomic mass is 16.2. The smallest absolute Gasteiger partial charge is 0.241 e. The monoisotopic (exact) mass is 149 g/mol. The number of para-hydroxylation sites is 1. The van der Waals surface area contributed by atoms with Crippen molar-refractivity contribution in [2.45, 2.75) is 0 Å². The number of hydrogen-bond acceptors (Lipinski definition) is 2. The summed E-state index contributed by atoms with van der Waals surface area (Å²) in [7, 11) is 0. The van der Waals surface area contributed by atoms with Gasteiger partial charge >= 0.3 is 0 Å². The Labute approximate surface area is 65.4 Å². The van der Waals surface area contributed by atoms with Crippen LogP contribution in [0.5, 0.6) is 0 Å². The lowest BCUT2D eigenvalue weighted by atomic mass is 10.3. The molecule has 0 aromatic heterocycles. The van der Waals surface area contributed by atoms with Crippen molar-refractivity contribution in [2.75, 3.05) is 5.01 Å². The van der Waals surface area contributed by atoms with E-state index in [1.165, 1.54) is 0 Å². The first-order valence-electron chi connectivity index (χ1n) is 3.17. The number of rotatable bonds is 1. The average molecular weight is 149 g/mol. The number of benzene rings is 1. The summed E-state index contributed by atoms with van der Waals surface area (Å²) in [5, 5.41) is 1.000. The lowest BCUT2D eigenvalue weighted by Crippen LogP contribution is -2.35. The van der Waals surface area contributed by atoms with E-state index in [2.05, 4.69) is 6.92 Å². The molecule has 2 N–H and O–H groups in total. The van der Waals surface area contributed by atoms with Gasteiger partial charge in [0.25, 0.3) is 0 Å². The van der Waals surface area contributed by atoms with Gasteiger partial charge in [0, 0.05) is 6.92 Å². The third kappa shape index (κ3) is 1.78. The Bertz CT molecular complexity index is 246. The summed E-state index contributed by atoms with van der Waals surface area (Å²) in [4.78, 5) is 10.6. The summed E-state index contributed by atoms with van der Waals surface area (Å²) in [6.45, 7) is 3.18. The molecular formula is C8H9N2O. The summed E-state index contributed by atoms with van der Waals surface area (Å²) < 4.78 is 0. The zero-order chi connectivity index (χ0) is 8.27. The number of carbonyl (C=O) groups is 1. The van der Waals surface area contributed by atoms with Gasteiger partial charge in [0.1, 0.15) is 0 Å². The maximum Gasteiger partial charge on any atom is 0.241 e. The van der Waals surface area contributed by atoms with Crippen molar-refractivity contribution in [1.29, 1.82) is 0 Å². The average Bonchev–Trinajstić information content (AvgIpc) is 2.05. The molecular weight excluding hydrogens is 140 g/mol. The Kier molecular flexibility index (Phi) is 2.23. The molecule has 1 amide bonds.